The molecule has 64 valence electrons. The molecule has 0 aromatic rings. The van der Waals surface area contributed by atoms with Gasteiger partial charge in [-0.1, -0.05) is 40.2 Å². The summed E-state index contributed by atoms with van der Waals surface area (Å²) in [6, 6.07) is 0. The molecule has 0 aliphatic rings. The van der Waals surface area contributed by atoms with Crippen LogP contribution >= 0.6 is 0 Å². The van der Waals surface area contributed by atoms with Crippen molar-refractivity contribution < 1.29 is 4.79 Å². The Balaban J connectivity index is 3.83. The van der Waals surface area contributed by atoms with E-state index in [1.807, 2.05) is 19.9 Å². The lowest BCUT2D eigenvalue weighted by Crippen LogP contribution is -2.02. The predicted octanol–water partition coefficient (Wildman–Crippen LogP) is 2.81. The van der Waals surface area contributed by atoms with Crippen LogP contribution in [0.2, 0.25) is 0 Å². The Bertz CT molecular complexity index is 145. The number of carbonyl (C=O) groups is 1. The number of ketones is 1. The molecule has 1 unspecified atom stereocenters. The van der Waals surface area contributed by atoms with Crippen molar-refractivity contribution in [2.24, 2.45) is 11.8 Å². The van der Waals surface area contributed by atoms with Crippen LogP contribution in [-0.2, 0) is 4.79 Å². The third-order valence-corrected chi connectivity index (χ3v) is 1.80. The summed E-state index contributed by atoms with van der Waals surface area (Å²) in [7, 11) is 0. The zero-order valence-corrected chi connectivity index (χ0v) is 7.92. The summed E-state index contributed by atoms with van der Waals surface area (Å²) < 4.78 is 0. The molecule has 0 heterocycles. The predicted molar refractivity (Wildman–Crippen MR) is 48.4 cm³/mol. The summed E-state index contributed by atoms with van der Waals surface area (Å²) in [6.45, 7) is 8.07. The molecule has 0 aliphatic heterocycles. The van der Waals surface area contributed by atoms with Crippen LogP contribution in [0.25, 0.3) is 0 Å². The van der Waals surface area contributed by atoms with E-state index in [9.17, 15) is 4.79 Å². The first kappa shape index (κ1) is 10.4. The largest absolute Gasteiger partial charge is 0.295 e. The third kappa shape index (κ3) is 4.77. The molecule has 0 radical (unpaired) electrons. The van der Waals surface area contributed by atoms with Crippen LogP contribution in [0.15, 0.2) is 12.2 Å². The van der Waals surface area contributed by atoms with Gasteiger partial charge in [-0.2, -0.15) is 0 Å². The van der Waals surface area contributed by atoms with Crippen molar-refractivity contribution in [2.45, 2.75) is 34.1 Å². The average Bonchev–Trinajstić information content (AvgIpc) is 1.99. The maximum atomic E-state index is 11.1. The maximum absolute atomic E-state index is 11.1. The second kappa shape index (κ2) is 5.11. The monoisotopic (exact) mass is 154 g/mol. The minimum absolute atomic E-state index is 0.135. The first-order valence-corrected chi connectivity index (χ1v) is 4.30. The summed E-state index contributed by atoms with van der Waals surface area (Å²) in [4.78, 5) is 11.1. The Morgan fingerprint density at radius 3 is 2.27 bits per heavy atom. The number of hydrogen-bond acceptors (Lipinski definition) is 1. The van der Waals surface area contributed by atoms with Crippen LogP contribution < -0.4 is 0 Å². The van der Waals surface area contributed by atoms with E-state index in [1.165, 1.54) is 0 Å². The molecule has 0 fully saturated rings. The van der Waals surface area contributed by atoms with Gasteiger partial charge in [0.2, 0.25) is 0 Å². The highest BCUT2D eigenvalue weighted by Crippen LogP contribution is 2.03. The highest BCUT2D eigenvalue weighted by atomic mass is 16.1. The van der Waals surface area contributed by atoms with Gasteiger partial charge in [0.25, 0.3) is 0 Å². The van der Waals surface area contributed by atoms with Crippen molar-refractivity contribution in [2.75, 3.05) is 0 Å². The number of rotatable bonds is 4. The summed E-state index contributed by atoms with van der Waals surface area (Å²) in [6.07, 6.45) is 4.79. The Kier molecular flexibility index (Phi) is 4.84. The lowest BCUT2D eigenvalue weighted by molar-refractivity contribution is -0.117. The molecule has 0 N–H and O–H groups in total. The Labute approximate surface area is 69.5 Å². The first-order chi connectivity index (χ1) is 5.07. The van der Waals surface area contributed by atoms with Gasteiger partial charge in [0, 0.05) is 5.92 Å². The molecule has 0 aromatic carbocycles. The van der Waals surface area contributed by atoms with E-state index in [2.05, 4.69) is 13.8 Å². The fourth-order valence-corrected chi connectivity index (χ4v) is 0.588. The van der Waals surface area contributed by atoms with Gasteiger partial charge in [0.15, 0.2) is 5.78 Å². The van der Waals surface area contributed by atoms with E-state index in [-0.39, 0.29) is 11.7 Å². The molecule has 1 atom stereocenters. The minimum Gasteiger partial charge on any atom is -0.295 e. The molecule has 11 heavy (non-hydrogen) atoms. The molecule has 1 heteroatoms. The van der Waals surface area contributed by atoms with E-state index < -0.39 is 0 Å². The molecule has 0 saturated heterocycles. The Hall–Kier alpha value is -0.590. The van der Waals surface area contributed by atoms with Gasteiger partial charge in [-0.15, -0.1) is 0 Å². The molecule has 0 aromatic heterocycles. The number of allylic oxidation sites excluding steroid dienone is 2. The van der Waals surface area contributed by atoms with Crippen molar-refractivity contribution >= 4 is 5.78 Å². The SMILES string of the molecule is CCC(C)C=CC(=O)C(C)C. The normalized spacial score (nSPS) is 14.3. The van der Waals surface area contributed by atoms with E-state index in [1.54, 1.807) is 6.08 Å². The van der Waals surface area contributed by atoms with Crippen molar-refractivity contribution in [3.05, 3.63) is 12.2 Å². The van der Waals surface area contributed by atoms with Crippen LogP contribution in [0, 0.1) is 11.8 Å². The topological polar surface area (TPSA) is 17.1 Å². The summed E-state index contributed by atoms with van der Waals surface area (Å²) >= 11 is 0. The van der Waals surface area contributed by atoms with E-state index in [0.717, 1.165) is 6.42 Å². The summed E-state index contributed by atoms with van der Waals surface area (Å²) in [5, 5.41) is 0. The van der Waals surface area contributed by atoms with Crippen LogP contribution in [0.5, 0.6) is 0 Å². The maximum Gasteiger partial charge on any atom is 0.157 e. The van der Waals surface area contributed by atoms with Gasteiger partial charge in [0.05, 0.1) is 0 Å². The fourth-order valence-electron chi connectivity index (χ4n) is 0.588. The van der Waals surface area contributed by atoms with Crippen molar-refractivity contribution in [1.29, 1.82) is 0 Å². The highest BCUT2D eigenvalue weighted by Gasteiger charge is 2.01. The van der Waals surface area contributed by atoms with E-state index in [4.69, 9.17) is 0 Å². The van der Waals surface area contributed by atoms with Crippen LogP contribution in [0.4, 0.5) is 0 Å². The van der Waals surface area contributed by atoms with Gasteiger partial charge in [-0.25, -0.2) is 0 Å². The van der Waals surface area contributed by atoms with Crippen LogP contribution in [0.1, 0.15) is 34.1 Å². The number of carbonyl (C=O) groups excluding carboxylic acids is 1. The first-order valence-electron chi connectivity index (χ1n) is 4.30. The molecule has 0 rings (SSSR count). The van der Waals surface area contributed by atoms with Gasteiger partial charge in [0.1, 0.15) is 0 Å². The van der Waals surface area contributed by atoms with Crippen LogP contribution in [-0.4, -0.2) is 5.78 Å². The second-order valence-corrected chi connectivity index (χ2v) is 3.30. The molecular weight excluding hydrogens is 136 g/mol. The van der Waals surface area contributed by atoms with Crippen molar-refractivity contribution in [1.82, 2.24) is 0 Å². The van der Waals surface area contributed by atoms with Crippen molar-refractivity contribution in [3.8, 4) is 0 Å². The molecular formula is C10H18O. The lowest BCUT2D eigenvalue weighted by Gasteiger charge is -2.00. The minimum atomic E-state index is 0.135. The molecule has 0 saturated carbocycles. The molecule has 0 spiro atoms. The van der Waals surface area contributed by atoms with Crippen LogP contribution in [0.3, 0.4) is 0 Å². The average molecular weight is 154 g/mol. The smallest absolute Gasteiger partial charge is 0.157 e. The molecule has 1 nitrogen and oxygen atoms in total. The third-order valence-electron chi connectivity index (χ3n) is 1.80. The molecule has 0 aliphatic carbocycles. The Morgan fingerprint density at radius 2 is 1.91 bits per heavy atom. The van der Waals surface area contributed by atoms with E-state index in [0.29, 0.717) is 5.92 Å². The van der Waals surface area contributed by atoms with E-state index >= 15 is 0 Å². The highest BCUT2D eigenvalue weighted by molar-refractivity contribution is 5.91. The Morgan fingerprint density at radius 1 is 1.36 bits per heavy atom. The summed E-state index contributed by atoms with van der Waals surface area (Å²) in [5.41, 5.74) is 0. The fraction of sp³-hybridized carbons (Fsp3) is 0.700. The zero-order valence-electron chi connectivity index (χ0n) is 7.92. The van der Waals surface area contributed by atoms with Gasteiger partial charge in [-0.05, 0) is 12.0 Å². The summed E-state index contributed by atoms with van der Waals surface area (Å²) in [5.74, 6) is 0.887. The van der Waals surface area contributed by atoms with Gasteiger partial charge < -0.3 is 0 Å². The number of hydrogen-bond donors (Lipinski definition) is 0. The molecule has 0 bridgehead atoms. The van der Waals surface area contributed by atoms with Crippen molar-refractivity contribution in [3.63, 3.8) is 0 Å². The quantitative estimate of drug-likeness (QED) is 0.569. The molecule has 0 amide bonds. The van der Waals surface area contributed by atoms with Gasteiger partial charge in [-0.3, -0.25) is 4.79 Å². The van der Waals surface area contributed by atoms with Gasteiger partial charge >= 0.3 is 0 Å². The standard InChI is InChI=1S/C10H18O/c1-5-9(4)6-7-10(11)8(2)3/h6-9H,5H2,1-4H3. The lowest BCUT2D eigenvalue weighted by atomic mass is 10.0. The zero-order chi connectivity index (χ0) is 8.85. The second-order valence-electron chi connectivity index (χ2n) is 3.30.